The molecule has 2 aliphatic rings. The van der Waals surface area contributed by atoms with Crippen LogP contribution < -0.4 is 16.0 Å². The molecule has 0 radical (unpaired) electrons. The van der Waals surface area contributed by atoms with Crippen LogP contribution in [0.25, 0.3) is 33.2 Å². The van der Waals surface area contributed by atoms with Crippen LogP contribution in [0.15, 0.2) is 66.9 Å². The maximum Gasteiger partial charge on any atom is 0.407 e. The summed E-state index contributed by atoms with van der Waals surface area (Å²) in [5.41, 5.74) is 4.72. The second-order valence-electron chi connectivity index (χ2n) is 15.2. The van der Waals surface area contributed by atoms with E-state index in [-0.39, 0.29) is 47.6 Å². The summed E-state index contributed by atoms with van der Waals surface area (Å²) in [6.07, 6.45) is 5.34. The zero-order valence-electron chi connectivity index (χ0n) is 31.6. The number of amides is 4. The van der Waals surface area contributed by atoms with Gasteiger partial charge in [-0.05, 0) is 77.6 Å². The molecule has 11 nitrogen and oxygen atoms in total. The number of likely N-dealkylation sites (tertiary alicyclic amines) is 1. The van der Waals surface area contributed by atoms with Crippen LogP contribution in [0.3, 0.4) is 0 Å². The minimum absolute atomic E-state index is 0.0171. The lowest BCUT2D eigenvalue weighted by atomic mass is 9.96. The molecule has 6 rings (SSSR count). The first kappa shape index (κ1) is 37.6. The molecular weight excluding hydrogens is 668 g/mol. The van der Waals surface area contributed by atoms with Crippen molar-refractivity contribution < 1.29 is 23.9 Å². The standard InChI is InChI=1S/C42H52N6O5/c1-24(2)26(5)41(51)48-20-8-11-36(48)38-43-23-35(45-38)28-14-12-27(13-15-28)29-16-17-31-22-32(19-18-30(31)21-29)44-39(49)33-9-7-10-34(33)46-40(50)37(25(3)4)47-42(52)53-6/h12-19,21-26,33-34,36-37H,7-11,20H2,1-6H3,(H,43,45)(H,44,49)(H,46,50)(H,47,52)/t26-,33-,34-,36-,37-/m0/s1. The van der Waals surface area contributed by atoms with Crippen molar-refractivity contribution in [3.05, 3.63) is 72.7 Å². The number of nitrogens with one attached hydrogen (secondary N) is 4. The molecule has 4 N–H and O–H groups in total. The van der Waals surface area contributed by atoms with E-state index < -0.39 is 12.1 Å². The minimum Gasteiger partial charge on any atom is -0.453 e. The predicted octanol–water partition coefficient (Wildman–Crippen LogP) is 7.46. The Balaban J connectivity index is 1.09. The summed E-state index contributed by atoms with van der Waals surface area (Å²) in [5.74, 6) is 0.343. The van der Waals surface area contributed by atoms with Crippen molar-refractivity contribution >= 4 is 40.3 Å². The fourth-order valence-corrected chi connectivity index (χ4v) is 7.53. The van der Waals surface area contributed by atoms with E-state index in [2.05, 4.69) is 82.0 Å². The highest BCUT2D eigenvalue weighted by molar-refractivity contribution is 5.97. The van der Waals surface area contributed by atoms with Gasteiger partial charge in [0.25, 0.3) is 0 Å². The predicted molar refractivity (Wildman–Crippen MR) is 207 cm³/mol. The van der Waals surface area contributed by atoms with E-state index in [1.165, 1.54) is 7.11 Å². The smallest absolute Gasteiger partial charge is 0.407 e. The number of rotatable bonds is 11. The summed E-state index contributed by atoms with van der Waals surface area (Å²) in [6.45, 7) is 10.7. The van der Waals surface area contributed by atoms with Crippen molar-refractivity contribution in [3.63, 3.8) is 0 Å². The fraction of sp³-hybridized carbons (Fsp3) is 0.452. The van der Waals surface area contributed by atoms with E-state index in [1.807, 2.05) is 50.1 Å². The molecule has 280 valence electrons. The molecule has 0 spiro atoms. The number of imidazole rings is 1. The highest BCUT2D eigenvalue weighted by Crippen LogP contribution is 2.35. The molecule has 1 aliphatic carbocycles. The maximum absolute atomic E-state index is 13.4. The number of anilines is 1. The number of carbonyl (C=O) groups is 4. The van der Waals surface area contributed by atoms with Gasteiger partial charge in [0, 0.05) is 36.0 Å². The van der Waals surface area contributed by atoms with E-state index in [0.717, 1.165) is 64.8 Å². The second-order valence-corrected chi connectivity index (χ2v) is 15.2. The van der Waals surface area contributed by atoms with Crippen molar-refractivity contribution in [3.8, 4) is 22.4 Å². The van der Waals surface area contributed by atoms with E-state index in [0.29, 0.717) is 24.4 Å². The molecule has 2 heterocycles. The Morgan fingerprint density at radius 1 is 0.830 bits per heavy atom. The van der Waals surface area contributed by atoms with Gasteiger partial charge in [0.15, 0.2) is 0 Å². The van der Waals surface area contributed by atoms with Crippen LogP contribution in [0.5, 0.6) is 0 Å². The van der Waals surface area contributed by atoms with E-state index in [9.17, 15) is 19.2 Å². The molecular formula is C42H52N6O5. The van der Waals surface area contributed by atoms with Crippen LogP contribution in [0, 0.1) is 23.7 Å². The summed E-state index contributed by atoms with van der Waals surface area (Å²) < 4.78 is 4.68. The van der Waals surface area contributed by atoms with Gasteiger partial charge in [0.2, 0.25) is 17.7 Å². The Hall–Kier alpha value is -5.19. The summed E-state index contributed by atoms with van der Waals surface area (Å²) in [4.78, 5) is 61.7. The van der Waals surface area contributed by atoms with Crippen LogP contribution in [-0.2, 0) is 19.1 Å². The van der Waals surface area contributed by atoms with Crippen LogP contribution in [0.2, 0.25) is 0 Å². The summed E-state index contributed by atoms with van der Waals surface area (Å²) in [7, 11) is 1.26. The summed E-state index contributed by atoms with van der Waals surface area (Å²) in [5, 5.41) is 10.7. The fourth-order valence-electron chi connectivity index (χ4n) is 7.53. The number of aromatic amines is 1. The van der Waals surface area contributed by atoms with Crippen LogP contribution in [0.4, 0.5) is 10.5 Å². The Labute approximate surface area is 311 Å². The molecule has 4 aromatic rings. The van der Waals surface area contributed by atoms with Crippen molar-refractivity contribution in [2.45, 2.75) is 84.8 Å². The quantitative estimate of drug-likeness (QED) is 0.127. The van der Waals surface area contributed by atoms with E-state index in [1.54, 1.807) is 0 Å². The van der Waals surface area contributed by atoms with Gasteiger partial charge in [-0.1, -0.05) is 83.5 Å². The monoisotopic (exact) mass is 720 g/mol. The molecule has 0 unspecified atom stereocenters. The minimum atomic E-state index is -0.759. The molecule has 1 aromatic heterocycles. The number of fused-ring (bicyclic) bond motifs is 1. The number of hydrogen-bond acceptors (Lipinski definition) is 6. The van der Waals surface area contributed by atoms with Crippen LogP contribution >= 0.6 is 0 Å². The highest BCUT2D eigenvalue weighted by Gasteiger charge is 2.37. The Morgan fingerprint density at radius 2 is 1.53 bits per heavy atom. The molecule has 1 saturated heterocycles. The molecule has 3 aromatic carbocycles. The first-order valence-electron chi connectivity index (χ1n) is 18.9. The lowest BCUT2D eigenvalue weighted by molar-refractivity contribution is -0.137. The van der Waals surface area contributed by atoms with Crippen LogP contribution in [0.1, 0.15) is 78.6 Å². The molecule has 2 fully saturated rings. The Bertz CT molecular complexity index is 1950. The average molecular weight is 721 g/mol. The molecule has 1 aliphatic heterocycles. The summed E-state index contributed by atoms with van der Waals surface area (Å²) in [6, 6.07) is 19.4. The Morgan fingerprint density at radius 3 is 2.25 bits per heavy atom. The molecule has 53 heavy (non-hydrogen) atoms. The number of hydrogen-bond donors (Lipinski definition) is 4. The summed E-state index contributed by atoms with van der Waals surface area (Å²) >= 11 is 0. The Kier molecular flexibility index (Phi) is 11.5. The van der Waals surface area contributed by atoms with Gasteiger partial charge >= 0.3 is 6.09 Å². The number of nitrogens with zero attached hydrogens (tertiary/aromatic N) is 2. The lowest BCUT2D eigenvalue weighted by Gasteiger charge is -2.27. The third kappa shape index (κ3) is 8.40. The van der Waals surface area contributed by atoms with E-state index >= 15 is 0 Å². The largest absolute Gasteiger partial charge is 0.453 e. The van der Waals surface area contributed by atoms with Crippen molar-refractivity contribution in [1.29, 1.82) is 0 Å². The SMILES string of the molecule is COC(=O)N[C@H](C(=O)N[C@H]1CCC[C@@H]1C(=O)Nc1ccc2cc(-c3ccc(-c4c[nH]c([C@@H]5CCCN5C(=O)[C@@H](C)C(C)C)n4)cc3)ccc2c1)C(C)C. The zero-order chi connectivity index (χ0) is 37.8. The van der Waals surface area contributed by atoms with Gasteiger partial charge in [-0.2, -0.15) is 0 Å². The molecule has 0 bridgehead atoms. The van der Waals surface area contributed by atoms with Crippen molar-refractivity contribution in [1.82, 2.24) is 25.5 Å². The zero-order valence-corrected chi connectivity index (χ0v) is 31.6. The number of carbonyl (C=O) groups excluding carboxylic acids is 4. The maximum atomic E-state index is 13.4. The van der Waals surface area contributed by atoms with Gasteiger partial charge in [0.1, 0.15) is 11.9 Å². The lowest BCUT2D eigenvalue weighted by Crippen LogP contribution is -2.53. The normalized spacial score (nSPS) is 19.7. The van der Waals surface area contributed by atoms with Gasteiger partial charge in [-0.15, -0.1) is 0 Å². The molecule has 4 amide bonds. The topological polar surface area (TPSA) is 146 Å². The van der Waals surface area contributed by atoms with Gasteiger partial charge in [-0.3, -0.25) is 14.4 Å². The number of H-pyrrole nitrogens is 1. The first-order chi connectivity index (χ1) is 25.4. The molecule has 1 saturated carbocycles. The second kappa shape index (κ2) is 16.2. The highest BCUT2D eigenvalue weighted by atomic mass is 16.5. The first-order valence-corrected chi connectivity index (χ1v) is 18.9. The third-order valence-electron chi connectivity index (χ3n) is 11.0. The number of benzene rings is 3. The van der Waals surface area contributed by atoms with Gasteiger partial charge in [0.05, 0.1) is 24.8 Å². The van der Waals surface area contributed by atoms with Crippen molar-refractivity contribution in [2.24, 2.45) is 23.7 Å². The van der Waals surface area contributed by atoms with Gasteiger partial charge in [-0.25, -0.2) is 9.78 Å². The number of ether oxygens (including phenoxy) is 1. The van der Waals surface area contributed by atoms with Gasteiger partial charge < -0.3 is 30.6 Å². The van der Waals surface area contributed by atoms with Crippen LogP contribution in [-0.4, -0.2) is 64.4 Å². The van der Waals surface area contributed by atoms with Crippen molar-refractivity contribution in [2.75, 3.05) is 19.0 Å². The number of aromatic nitrogens is 2. The number of alkyl carbamates (subject to hydrolysis) is 1. The van der Waals surface area contributed by atoms with E-state index in [4.69, 9.17) is 4.98 Å². The molecule has 5 atom stereocenters. The third-order valence-corrected chi connectivity index (χ3v) is 11.0. The molecule has 11 heteroatoms. The number of methoxy groups -OCH3 is 1. The average Bonchev–Trinajstić information content (AvgIpc) is 3.94.